The monoisotopic (exact) mass is 148 g/mol. The predicted molar refractivity (Wildman–Crippen MR) is 39.2 cm³/mol. The Morgan fingerprint density at radius 1 is 1.10 bits per heavy atom. The smallest absolute Gasteiger partial charge is 0.0974 e. The van der Waals surface area contributed by atoms with Gasteiger partial charge in [-0.15, -0.1) is 0 Å². The maximum atomic E-state index is 8.56. The Kier molecular flexibility index (Phi) is 6.84. The second-order valence-corrected chi connectivity index (χ2v) is 2.17. The summed E-state index contributed by atoms with van der Waals surface area (Å²) in [5, 5.41) is 17.1. The number of unbranched alkanes of at least 4 members (excludes halogenated alkanes) is 1. The van der Waals surface area contributed by atoms with Crippen molar-refractivity contribution in [2.24, 2.45) is 5.73 Å². The fourth-order valence-electron chi connectivity index (χ4n) is 0.666. The molecule has 0 bridgehead atoms. The molecule has 0 heterocycles. The predicted octanol–water partition coefficient (Wildman–Crippen LogP) is -1.07. The lowest BCUT2D eigenvalue weighted by molar-refractivity contribution is 0.0286. The van der Waals surface area contributed by atoms with Gasteiger partial charge in [0.05, 0.1) is 13.5 Å². The maximum Gasteiger partial charge on any atom is 0.0974 e. The lowest BCUT2D eigenvalue weighted by Gasteiger charge is -2.14. The molecule has 0 unspecified atom stereocenters. The molecule has 0 aromatic rings. The molecule has 0 radical (unpaired) electrons. The van der Waals surface area contributed by atoms with Gasteiger partial charge in [-0.05, 0) is 19.4 Å². The van der Waals surface area contributed by atoms with Crippen LogP contribution in [0.15, 0.2) is 0 Å². The molecule has 62 valence electrons. The molecule has 0 rings (SSSR count). The summed E-state index contributed by atoms with van der Waals surface area (Å²) in [5.74, 6) is 0. The molecule has 0 aromatic carbocycles. The van der Waals surface area contributed by atoms with Crippen molar-refractivity contribution in [1.82, 2.24) is 4.90 Å². The third kappa shape index (κ3) is 4.69. The zero-order chi connectivity index (χ0) is 7.82. The number of hydrogen-bond donors (Lipinski definition) is 3. The molecule has 4 nitrogen and oxygen atoms in total. The summed E-state index contributed by atoms with van der Waals surface area (Å²) in [6.07, 6.45) is 1.87. The molecule has 0 aliphatic rings. The summed E-state index contributed by atoms with van der Waals surface area (Å²) < 4.78 is 0. The summed E-state index contributed by atoms with van der Waals surface area (Å²) in [6, 6.07) is 0. The van der Waals surface area contributed by atoms with Crippen LogP contribution < -0.4 is 5.73 Å². The van der Waals surface area contributed by atoms with Gasteiger partial charge in [0.1, 0.15) is 0 Å². The summed E-state index contributed by atoms with van der Waals surface area (Å²) in [5.41, 5.74) is 5.25. The van der Waals surface area contributed by atoms with Crippen LogP contribution in [-0.4, -0.2) is 41.7 Å². The number of nitrogens with two attached hydrogens (primary N) is 1. The van der Waals surface area contributed by atoms with Gasteiger partial charge >= 0.3 is 0 Å². The molecule has 4 N–H and O–H groups in total. The number of nitrogens with zero attached hydrogens (tertiary/aromatic N) is 1. The van der Waals surface area contributed by atoms with Crippen LogP contribution in [0.5, 0.6) is 0 Å². The quantitative estimate of drug-likeness (QED) is 0.331. The van der Waals surface area contributed by atoms with E-state index in [1.165, 1.54) is 4.90 Å². The summed E-state index contributed by atoms with van der Waals surface area (Å²) in [6.45, 7) is 1.22. The topological polar surface area (TPSA) is 69.7 Å². The van der Waals surface area contributed by atoms with Crippen molar-refractivity contribution in [1.29, 1.82) is 0 Å². The zero-order valence-corrected chi connectivity index (χ0v) is 6.16. The minimum absolute atomic E-state index is 0.0823. The van der Waals surface area contributed by atoms with Gasteiger partial charge in [0.2, 0.25) is 0 Å². The Balaban J connectivity index is 3.09. The maximum absolute atomic E-state index is 8.56. The number of rotatable bonds is 6. The molecule has 0 spiro atoms. The van der Waals surface area contributed by atoms with Gasteiger partial charge in [0.25, 0.3) is 0 Å². The number of aliphatic hydroxyl groups excluding tert-OH is 2. The van der Waals surface area contributed by atoms with Crippen LogP contribution in [0.25, 0.3) is 0 Å². The highest BCUT2D eigenvalue weighted by molar-refractivity contribution is 4.47. The van der Waals surface area contributed by atoms with E-state index < -0.39 is 0 Å². The fraction of sp³-hybridized carbons (Fsp3) is 1.00. The van der Waals surface area contributed by atoms with Gasteiger partial charge in [-0.1, -0.05) is 0 Å². The van der Waals surface area contributed by atoms with Crippen molar-refractivity contribution >= 4 is 0 Å². The summed E-state index contributed by atoms with van der Waals surface area (Å²) in [4.78, 5) is 1.54. The molecular formula is C6H16N2O2. The van der Waals surface area contributed by atoms with E-state index in [0.29, 0.717) is 13.1 Å². The third-order valence-corrected chi connectivity index (χ3v) is 1.33. The van der Waals surface area contributed by atoms with E-state index in [0.717, 1.165) is 12.8 Å². The van der Waals surface area contributed by atoms with Crippen LogP contribution in [0.4, 0.5) is 0 Å². The third-order valence-electron chi connectivity index (χ3n) is 1.33. The Morgan fingerprint density at radius 2 is 1.70 bits per heavy atom. The molecule has 10 heavy (non-hydrogen) atoms. The van der Waals surface area contributed by atoms with Crippen molar-refractivity contribution in [2.75, 3.05) is 26.6 Å². The molecule has 0 fully saturated rings. The van der Waals surface area contributed by atoms with Crippen molar-refractivity contribution < 1.29 is 10.2 Å². The molecule has 0 aliphatic heterocycles. The molecule has 0 amide bonds. The van der Waals surface area contributed by atoms with Gasteiger partial charge in [-0.2, -0.15) is 0 Å². The van der Waals surface area contributed by atoms with E-state index in [-0.39, 0.29) is 13.5 Å². The van der Waals surface area contributed by atoms with Crippen LogP contribution >= 0.6 is 0 Å². The van der Waals surface area contributed by atoms with Crippen LogP contribution in [-0.2, 0) is 0 Å². The van der Waals surface area contributed by atoms with E-state index in [2.05, 4.69) is 0 Å². The molecule has 0 atom stereocenters. The van der Waals surface area contributed by atoms with Crippen LogP contribution in [0.1, 0.15) is 12.8 Å². The van der Waals surface area contributed by atoms with Gasteiger partial charge in [0.15, 0.2) is 0 Å². The average molecular weight is 148 g/mol. The van der Waals surface area contributed by atoms with Crippen LogP contribution in [0.2, 0.25) is 0 Å². The minimum Gasteiger partial charge on any atom is -0.381 e. The highest BCUT2D eigenvalue weighted by Crippen LogP contribution is 1.90. The Bertz CT molecular complexity index is 66.8. The van der Waals surface area contributed by atoms with Gasteiger partial charge in [0, 0.05) is 6.54 Å². The highest BCUT2D eigenvalue weighted by atomic mass is 16.3. The van der Waals surface area contributed by atoms with Gasteiger partial charge in [-0.3, -0.25) is 4.90 Å². The Hall–Kier alpha value is -0.160. The van der Waals surface area contributed by atoms with E-state index in [1.807, 2.05) is 0 Å². The first-order valence-electron chi connectivity index (χ1n) is 3.49. The van der Waals surface area contributed by atoms with Crippen molar-refractivity contribution in [3.05, 3.63) is 0 Å². The minimum atomic E-state index is -0.0823. The lowest BCUT2D eigenvalue weighted by Crippen LogP contribution is -2.27. The lowest BCUT2D eigenvalue weighted by atomic mass is 10.3. The van der Waals surface area contributed by atoms with Gasteiger partial charge in [-0.25, -0.2) is 0 Å². The van der Waals surface area contributed by atoms with E-state index in [4.69, 9.17) is 15.9 Å². The Labute approximate surface area is 61.3 Å². The van der Waals surface area contributed by atoms with E-state index >= 15 is 0 Å². The van der Waals surface area contributed by atoms with Crippen LogP contribution in [0, 0.1) is 0 Å². The van der Waals surface area contributed by atoms with Crippen molar-refractivity contribution in [2.45, 2.75) is 12.8 Å². The molecule has 0 saturated carbocycles. The van der Waals surface area contributed by atoms with E-state index in [9.17, 15) is 0 Å². The van der Waals surface area contributed by atoms with Crippen molar-refractivity contribution in [3.63, 3.8) is 0 Å². The molecule has 0 aliphatic carbocycles. The molecule has 0 saturated heterocycles. The average Bonchev–Trinajstić information content (AvgIpc) is 1.99. The summed E-state index contributed by atoms with van der Waals surface area (Å²) >= 11 is 0. The SMILES string of the molecule is NCCCCN(CO)CO. The normalized spacial score (nSPS) is 10.8. The summed E-state index contributed by atoms with van der Waals surface area (Å²) in [7, 11) is 0. The Morgan fingerprint density at radius 3 is 2.10 bits per heavy atom. The van der Waals surface area contributed by atoms with Crippen LogP contribution in [0.3, 0.4) is 0 Å². The highest BCUT2D eigenvalue weighted by Gasteiger charge is 1.97. The standard InChI is InChI=1S/C6H16N2O2/c7-3-1-2-4-8(5-9)6-10/h9-10H,1-7H2. The van der Waals surface area contributed by atoms with E-state index in [1.54, 1.807) is 0 Å². The molecule has 0 aromatic heterocycles. The first-order chi connectivity index (χ1) is 4.85. The second-order valence-electron chi connectivity index (χ2n) is 2.17. The first kappa shape index (κ1) is 9.84. The number of aliphatic hydroxyl groups is 2. The molecule has 4 heteroatoms. The second kappa shape index (κ2) is 6.95. The zero-order valence-electron chi connectivity index (χ0n) is 6.16. The first-order valence-corrected chi connectivity index (χ1v) is 3.49. The largest absolute Gasteiger partial charge is 0.381 e. The van der Waals surface area contributed by atoms with Crippen molar-refractivity contribution in [3.8, 4) is 0 Å². The van der Waals surface area contributed by atoms with Gasteiger partial charge < -0.3 is 15.9 Å². The molecular weight excluding hydrogens is 132 g/mol. The fourth-order valence-corrected chi connectivity index (χ4v) is 0.666. The number of hydrogen-bond acceptors (Lipinski definition) is 4.